The molecule has 0 atom stereocenters. The number of aromatic nitrogens is 2. The van der Waals surface area contributed by atoms with Crippen LogP contribution in [-0.2, 0) is 13.1 Å². The monoisotopic (exact) mass is 325 g/mol. The van der Waals surface area contributed by atoms with Crippen LogP contribution < -0.4 is 5.32 Å². The van der Waals surface area contributed by atoms with Crippen LogP contribution in [0.2, 0.25) is 0 Å². The Morgan fingerprint density at radius 3 is 2.91 bits per heavy atom. The average Bonchev–Trinajstić information content (AvgIpc) is 3.30. The van der Waals surface area contributed by atoms with Crippen molar-refractivity contribution in [3.05, 3.63) is 60.2 Å². The van der Waals surface area contributed by atoms with Gasteiger partial charge in [0.1, 0.15) is 0 Å². The Labute approximate surface area is 137 Å². The summed E-state index contributed by atoms with van der Waals surface area (Å²) in [6.07, 6.45) is 1.50. The molecule has 0 radical (unpaired) electrons. The van der Waals surface area contributed by atoms with Crippen molar-refractivity contribution in [3.63, 3.8) is 0 Å². The Bertz CT molecular complexity index is 825. The summed E-state index contributed by atoms with van der Waals surface area (Å²) in [4.78, 5) is 16.9. The van der Waals surface area contributed by atoms with Gasteiger partial charge in [-0.25, -0.2) is 4.98 Å². The second-order valence-electron chi connectivity index (χ2n) is 5.22. The predicted octanol–water partition coefficient (Wildman–Crippen LogP) is 3.18. The van der Waals surface area contributed by atoms with Gasteiger partial charge in [0.15, 0.2) is 10.9 Å². The van der Waals surface area contributed by atoms with E-state index in [-0.39, 0.29) is 5.91 Å². The predicted molar refractivity (Wildman–Crippen MR) is 88.3 cm³/mol. The first-order valence-electron chi connectivity index (χ1n) is 7.42. The summed E-state index contributed by atoms with van der Waals surface area (Å²) in [5.41, 5.74) is 3.04. The van der Waals surface area contributed by atoms with E-state index in [1.165, 1.54) is 6.26 Å². The summed E-state index contributed by atoms with van der Waals surface area (Å²) in [6, 6.07) is 13.4. The number of furan rings is 1. The fourth-order valence-electron chi connectivity index (χ4n) is 2.70. The zero-order valence-electron chi connectivity index (χ0n) is 12.4. The number of thioether (sulfide) groups is 1. The van der Waals surface area contributed by atoms with Gasteiger partial charge >= 0.3 is 0 Å². The summed E-state index contributed by atoms with van der Waals surface area (Å²) in [7, 11) is 0. The number of rotatable bonds is 4. The van der Waals surface area contributed by atoms with Crippen molar-refractivity contribution in [2.24, 2.45) is 0 Å². The van der Waals surface area contributed by atoms with Crippen LogP contribution in [0.25, 0.3) is 11.3 Å². The van der Waals surface area contributed by atoms with Crippen LogP contribution in [0.4, 0.5) is 0 Å². The Balaban J connectivity index is 1.63. The number of amides is 1. The molecule has 0 aliphatic carbocycles. The molecule has 1 N–H and O–H groups in total. The normalized spacial score (nSPS) is 13.0. The maximum atomic E-state index is 12.1. The van der Waals surface area contributed by atoms with Crippen LogP contribution in [-0.4, -0.2) is 21.2 Å². The van der Waals surface area contributed by atoms with Gasteiger partial charge in [-0.15, -0.1) is 0 Å². The van der Waals surface area contributed by atoms with E-state index in [1.807, 2.05) is 30.3 Å². The van der Waals surface area contributed by atoms with Crippen LogP contribution in [0.3, 0.4) is 0 Å². The molecule has 0 unspecified atom stereocenters. The Morgan fingerprint density at radius 1 is 1.26 bits per heavy atom. The molecule has 0 saturated heterocycles. The quantitative estimate of drug-likeness (QED) is 0.800. The van der Waals surface area contributed by atoms with Gasteiger partial charge in [0.2, 0.25) is 0 Å². The maximum Gasteiger partial charge on any atom is 0.287 e. The second kappa shape index (κ2) is 5.96. The number of carbonyl (C=O) groups is 1. The highest BCUT2D eigenvalue weighted by molar-refractivity contribution is 7.99. The molecule has 3 heterocycles. The zero-order chi connectivity index (χ0) is 15.6. The second-order valence-corrected chi connectivity index (χ2v) is 6.28. The average molecular weight is 325 g/mol. The van der Waals surface area contributed by atoms with Gasteiger partial charge in [-0.1, -0.05) is 42.1 Å². The van der Waals surface area contributed by atoms with Crippen molar-refractivity contribution in [1.29, 1.82) is 0 Å². The fraction of sp³-hybridized carbons (Fsp3) is 0.176. The summed E-state index contributed by atoms with van der Waals surface area (Å²) in [6.45, 7) is 1.35. The molecule has 0 fully saturated rings. The number of hydrogen-bond donors (Lipinski definition) is 1. The molecular weight excluding hydrogens is 310 g/mol. The van der Waals surface area contributed by atoms with E-state index < -0.39 is 0 Å². The maximum absolute atomic E-state index is 12.1. The van der Waals surface area contributed by atoms with Gasteiger partial charge in [-0.3, -0.25) is 4.79 Å². The SMILES string of the molecule is O=C(NCc1c(-c2ccccc2)nc2n1CCS2)c1ccco1. The van der Waals surface area contributed by atoms with E-state index in [0.29, 0.717) is 12.3 Å². The van der Waals surface area contributed by atoms with E-state index in [4.69, 9.17) is 9.40 Å². The molecule has 0 bridgehead atoms. The summed E-state index contributed by atoms with van der Waals surface area (Å²) in [5, 5.41) is 3.94. The molecule has 0 spiro atoms. The molecule has 2 aromatic heterocycles. The van der Waals surface area contributed by atoms with Crippen molar-refractivity contribution in [3.8, 4) is 11.3 Å². The fourth-order valence-corrected chi connectivity index (χ4v) is 3.67. The molecule has 0 saturated carbocycles. The minimum absolute atomic E-state index is 0.213. The van der Waals surface area contributed by atoms with Gasteiger partial charge in [-0.05, 0) is 12.1 Å². The third-order valence-corrected chi connectivity index (χ3v) is 4.75. The lowest BCUT2D eigenvalue weighted by Crippen LogP contribution is -2.24. The molecular formula is C17H15N3O2S. The molecule has 23 heavy (non-hydrogen) atoms. The topological polar surface area (TPSA) is 60.1 Å². The number of imidazole rings is 1. The first-order valence-corrected chi connectivity index (χ1v) is 8.41. The van der Waals surface area contributed by atoms with Gasteiger partial charge in [0.25, 0.3) is 5.91 Å². The minimum Gasteiger partial charge on any atom is -0.459 e. The van der Waals surface area contributed by atoms with Crippen molar-refractivity contribution in [2.45, 2.75) is 18.2 Å². The molecule has 4 rings (SSSR count). The highest BCUT2D eigenvalue weighted by Crippen LogP contribution is 2.33. The van der Waals surface area contributed by atoms with Crippen LogP contribution in [0.15, 0.2) is 58.3 Å². The Hall–Kier alpha value is -2.47. The van der Waals surface area contributed by atoms with Gasteiger partial charge < -0.3 is 14.3 Å². The Morgan fingerprint density at radius 2 is 2.13 bits per heavy atom. The standard InChI is InChI=1S/C17H15N3O2S/c21-16(14-7-4-9-22-14)18-11-13-15(12-5-2-1-3-6-12)19-17-20(13)8-10-23-17/h1-7,9H,8,10-11H2,(H,18,21). The van der Waals surface area contributed by atoms with E-state index >= 15 is 0 Å². The van der Waals surface area contributed by atoms with Crippen molar-refractivity contribution >= 4 is 17.7 Å². The number of nitrogens with zero attached hydrogens (tertiary/aromatic N) is 2. The first kappa shape index (κ1) is 14.1. The minimum atomic E-state index is -0.213. The number of benzene rings is 1. The largest absolute Gasteiger partial charge is 0.459 e. The van der Waals surface area contributed by atoms with Crippen LogP contribution in [0.5, 0.6) is 0 Å². The zero-order valence-corrected chi connectivity index (χ0v) is 13.2. The third-order valence-electron chi connectivity index (χ3n) is 3.79. The summed E-state index contributed by atoms with van der Waals surface area (Å²) < 4.78 is 7.32. The van der Waals surface area contributed by atoms with Crippen LogP contribution in [0, 0.1) is 0 Å². The van der Waals surface area contributed by atoms with Crippen LogP contribution >= 0.6 is 11.8 Å². The van der Waals surface area contributed by atoms with E-state index in [2.05, 4.69) is 9.88 Å². The lowest BCUT2D eigenvalue weighted by molar-refractivity contribution is 0.0922. The van der Waals surface area contributed by atoms with E-state index in [9.17, 15) is 4.79 Å². The van der Waals surface area contributed by atoms with Crippen molar-refractivity contribution in [1.82, 2.24) is 14.9 Å². The van der Waals surface area contributed by atoms with Crippen molar-refractivity contribution in [2.75, 3.05) is 5.75 Å². The Kier molecular flexibility index (Phi) is 3.67. The smallest absolute Gasteiger partial charge is 0.287 e. The number of hydrogen-bond acceptors (Lipinski definition) is 4. The lowest BCUT2D eigenvalue weighted by atomic mass is 10.1. The molecule has 1 amide bonds. The number of nitrogens with one attached hydrogen (secondary N) is 1. The van der Waals surface area contributed by atoms with Crippen LogP contribution in [0.1, 0.15) is 16.2 Å². The molecule has 6 heteroatoms. The molecule has 1 aliphatic rings. The third kappa shape index (κ3) is 2.66. The molecule has 3 aromatic rings. The highest BCUT2D eigenvalue weighted by Gasteiger charge is 2.23. The number of fused-ring (bicyclic) bond motifs is 1. The van der Waals surface area contributed by atoms with Gasteiger partial charge in [0, 0.05) is 17.9 Å². The summed E-state index contributed by atoms with van der Waals surface area (Å²) >= 11 is 1.75. The number of carbonyl (C=O) groups excluding carboxylic acids is 1. The lowest BCUT2D eigenvalue weighted by Gasteiger charge is -2.09. The molecule has 1 aliphatic heterocycles. The van der Waals surface area contributed by atoms with Gasteiger partial charge in [-0.2, -0.15) is 0 Å². The summed E-state index contributed by atoms with van der Waals surface area (Å²) in [5.74, 6) is 1.13. The molecule has 116 valence electrons. The van der Waals surface area contributed by atoms with Gasteiger partial charge in [0.05, 0.1) is 24.2 Å². The first-order chi connectivity index (χ1) is 11.3. The molecule has 5 nitrogen and oxygen atoms in total. The van der Waals surface area contributed by atoms with E-state index in [0.717, 1.165) is 34.4 Å². The van der Waals surface area contributed by atoms with Crippen molar-refractivity contribution < 1.29 is 9.21 Å². The highest BCUT2D eigenvalue weighted by atomic mass is 32.2. The molecule has 1 aromatic carbocycles. The van der Waals surface area contributed by atoms with E-state index in [1.54, 1.807) is 23.9 Å².